The molecule has 0 saturated heterocycles. The van der Waals surface area contributed by atoms with Gasteiger partial charge in [0.05, 0.1) is 17.4 Å². The summed E-state index contributed by atoms with van der Waals surface area (Å²) in [5.74, 6) is -0.0181. The van der Waals surface area contributed by atoms with Crippen LogP contribution >= 0.6 is 0 Å². The van der Waals surface area contributed by atoms with E-state index in [0.717, 1.165) is 29.6 Å². The normalized spacial score (nSPS) is 10.8. The zero-order valence-electron chi connectivity index (χ0n) is 12.6. The maximum Gasteiger partial charge on any atom is 0.251 e. The molecule has 0 spiro atoms. The number of carbonyl (C=O) groups is 1. The predicted molar refractivity (Wildman–Crippen MR) is 87.9 cm³/mol. The number of imidazole rings is 1. The molecule has 0 atom stereocenters. The molecule has 3 rings (SSSR count). The Bertz CT molecular complexity index is 774. The molecule has 1 N–H and O–H groups in total. The van der Waals surface area contributed by atoms with Gasteiger partial charge in [0.25, 0.3) is 5.91 Å². The van der Waals surface area contributed by atoms with Crippen LogP contribution in [0.1, 0.15) is 22.3 Å². The van der Waals surface area contributed by atoms with Crippen molar-refractivity contribution in [2.45, 2.75) is 19.9 Å². The number of benzene rings is 2. The molecule has 0 saturated carbocycles. The van der Waals surface area contributed by atoms with Crippen LogP contribution in [0.4, 0.5) is 0 Å². The summed E-state index contributed by atoms with van der Waals surface area (Å²) in [5, 5.41) is 2.96. The van der Waals surface area contributed by atoms with E-state index in [2.05, 4.69) is 20.9 Å². The van der Waals surface area contributed by atoms with Crippen LogP contribution in [0.3, 0.4) is 0 Å². The zero-order chi connectivity index (χ0) is 15.4. The number of nitrogens with zero attached hydrogens (tertiary/aromatic N) is 2. The van der Waals surface area contributed by atoms with Crippen molar-refractivity contribution in [2.75, 3.05) is 6.54 Å². The smallest absolute Gasteiger partial charge is 0.251 e. The largest absolute Gasteiger partial charge is 0.352 e. The van der Waals surface area contributed by atoms with E-state index >= 15 is 0 Å². The fraction of sp³-hybridized carbons (Fsp3) is 0.222. The molecular weight excluding hydrogens is 274 g/mol. The molecular formula is C18H19N3O. The van der Waals surface area contributed by atoms with Crippen molar-refractivity contribution in [1.29, 1.82) is 0 Å². The Morgan fingerprint density at radius 1 is 1.14 bits per heavy atom. The Labute approximate surface area is 129 Å². The Morgan fingerprint density at radius 3 is 2.73 bits per heavy atom. The number of nitrogens with one attached hydrogen (secondary N) is 1. The van der Waals surface area contributed by atoms with Gasteiger partial charge in [-0.15, -0.1) is 0 Å². The lowest BCUT2D eigenvalue weighted by molar-refractivity contribution is 0.0953. The molecule has 3 aromatic rings. The lowest BCUT2D eigenvalue weighted by Crippen LogP contribution is -2.25. The van der Waals surface area contributed by atoms with E-state index < -0.39 is 0 Å². The van der Waals surface area contributed by atoms with Gasteiger partial charge >= 0.3 is 0 Å². The molecule has 0 bridgehead atoms. The van der Waals surface area contributed by atoms with Gasteiger partial charge in [0.2, 0.25) is 0 Å². The predicted octanol–water partition coefficient (Wildman–Crippen LogP) is 3.16. The number of para-hydroxylation sites is 2. The summed E-state index contributed by atoms with van der Waals surface area (Å²) < 4.78 is 2.12. The van der Waals surface area contributed by atoms with Crippen molar-refractivity contribution in [3.8, 4) is 0 Å². The number of rotatable bonds is 5. The van der Waals surface area contributed by atoms with Crippen molar-refractivity contribution in [2.24, 2.45) is 0 Å². The third kappa shape index (κ3) is 3.17. The fourth-order valence-corrected chi connectivity index (χ4v) is 2.45. The molecule has 4 heteroatoms. The maximum atomic E-state index is 12.0. The van der Waals surface area contributed by atoms with Crippen LogP contribution in [0.2, 0.25) is 0 Å². The first-order valence-corrected chi connectivity index (χ1v) is 7.49. The van der Waals surface area contributed by atoms with Gasteiger partial charge in [-0.25, -0.2) is 4.98 Å². The Kier molecular flexibility index (Phi) is 4.19. The monoisotopic (exact) mass is 293 g/mol. The van der Waals surface area contributed by atoms with Gasteiger partial charge in [0.15, 0.2) is 0 Å². The molecule has 22 heavy (non-hydrogen) atoms. The van der Waals surface area contributed by atoms with Crippen LogP contribution in [0.5, 0.6) is 0 Å². The summed E-state index contributed by atoms with van der Waals surface area (Å²) in [4.78, 5) is 16.4. The molecule has 0 unspecified atom stereocenters. The number of carbonyl (C=O) groups excluding carboxylic acids is 1. The highest BCUT2D eigenvalue weighted by Crippen LogP contribution is 2.11. The van der Waals surface area contributed by atoms with Crippen molar-refractivity contribution < 1.29 is 4.79 Å². The molecule has 1 amide bonds. The first kappa shape index (κ1) is 14.3. The van der Waals surface area contributed by atoms with Crippen LogP contribution < -0.4 is 5.32 Å². The van der Waals surface area contributed by atoms with Gasteiger partial charge in [0, 0.05) is 18.7 Å². The molecule has 1 aromatic heterocycles. The highest BCUT2D eigenvalue weighted by atomic mass is 16.1. The molecule has 4 nitrogen and oxygen atoms in total. The first-order valence-electron chi connectivity index (χ1n) is 7.49. The van der Waals surface area contributed by atoms with E-state index in [1.54, 1.807) is 0 Å². The van der Waals surface area contributed by atoms with E-state index in [1.807, 2.05) is 55.7 Å². The summed E-state index contributed by atoms with van der Waals surface area (Å²) in [6, 6.07) is 15.7. The third-order valence-electron chi connectivity index (χ3n) is 3.70. The van der Waals surface area contributed by atoms with Crippen molar-refractivity contribution >= 4 is 16.9 Å². The summed E-state index contributed by atoms with van der Waals surface area (Å²) in [5.41, 5.74) is 4.00. The van der Waals surface area contributed by atoms with Gasteiger partial charge in [0.1, 0.15) is 0 Å². The van der Waals surface area contributed by atoms with Crippen LogP contribution in [0.25, 0.3) is 11.0 Å². The molecule has 0 fully saturated rings. The van der Waals surface area contributed by atoms with Crippen LogP contribution in [-0.2, 0) is 6.54 Å². The summed E-state index contributed by atoms with van der Waals surface area (Å²) >= 11 is 0. The van der Waals surface area contributed by atoms with Crippen LogP contribution in [0.15, 0.2) is 54.9 Å². The summed E-state index contributed by atoms with van der Waals surface area (Å²) in [6.45, 7) is 3.50. The molecule has 0 aliphatic rings. The molecule has 0 aliphatic heterocycles. The number of fused-ring (bicyclic) bond motifs is 1. The second-order valence-electron chi connectivity index (χ2n) is 5.40. The van der Waals surface area contributed by atoms with Crippen LogP contribution in [0, 0.1) is 6.92 Å². The highest BCUT2D eigenvalue weighted by Gasteiger charge is 2.04. The van der Waals surface area contributed by atoms with Gasteiger partial charge < -0.3 is 9.88 Å². The lowest BCUT2D eigenvalue weighted by atomic mass is 10.1. The number of aryl methyl sites for hydroxylation is 2. The number of amides is 1. The number of hydrogen-bond donors (Lipinski definition) is 1. The SMILES string of the molecule is Cc1ccc(C(=O)NCCCn2cnc3ccccc32)cc1. The summed E-state index contributed by atoms with van der Waals surface area (Å²) in [7, 11) is 0. The second kappa shape index (κ2) is 6.43. The summed E-state index contributed by atoms with van der Waals surface area (Å²) in [6.07, 6.45) is 2.73. The van der Waals surface area contributed by atoms with E-state index in [4.69, 9.17) is 0 Å². The average Bonchev–Trinajstić information content (AvgIpc) is 2.95. The molecule has 1 heterocycles. The molecule has 0 aliphatic carbocycles. The van der Waals surface area contributed by atoms with Crippen LogP contribution in [-0.4, -0.2) is 22.0 Å². The van der Waals surface area contributed by atoms with Gasteiger partial charge in [-0.1, -0.05) is 29.8 Å². The standard InChI is InChI=1S/C18H19N3O/c1-14-7-9-15(10-8-14)18(22)19-11-4-12-21-13-20-16-5-2-3-6-17(16)21/h2-3,5-10,13H,4,11-12H2,1H3,(H,19,22). The zero-order valence-corrected chi connectivity index (χ0v) is 12.6. The minimum Gasteiger partial charge on any atom is -0.352 e. The maximum absolute atomic E-state index is 12.0. The van der Waals surface area contributed by atoms with Crippen molar-refractivity contribution in [3.63, 3.8) is 0 Å². The van der Waals surface area contributed by atoms with Crippen molar-refractivity contribution in [3.05, 3.63) is 66.0 Å². The minimum absolute atomic E-state index is 0.0181. The van der Waals surface area contributed by atoms with E-state index in [9.17, 15) is 4.79 Å². The van der Waals surface area contributed by atoms with Gasteiger partial charge in [-0.3, -0.25) is 4.79 Å². The second-order valence-corrected chi connectivity index (χ2v) is 5.40. The van der Waals surface area contributed by atoms with E-state index in [0.29, 0.717) is 12.1 Å². The average molecular weight is 293 g/mol. The third-order valence-corrected chi connectivity index (χ3v) is 3.70. The minimum atomic E-state index is -0.0181. The van der Waals surface area contributed by atoms with E-state index in [1.165, 1.54) is 0 Å². The molecule has 0 radical (unpaired) electrons. The fourth-order valence-electron chi connectivity index (χ4n) is 2.45. The van der Waals surface area contributed by atoms with Crippen molar-refractivity contribution in [1.82, 2.24) is 14.9 Å². The Hall–Kier alpha value is -2.62. The quantitative estimate of drug-likeness (QED) is 0.734. The number of aromatic nitrogens is 2. The first-order chi connectivity index (χ1) is 10.7. The van der Waals surface area contributed by atoms with E-state index in [-0.39, 0.29) is 5.91 Å². The Morgan fingerprint density at radius 2 is 1.91 bits per heavy atom. The number of hydrogen-bond acceptors (Lipinski definition) is 2. The molecule has 112 valence electrons. The van der Waals surface area contributed by atoms with Gasteiger partial charge in [-0.2, -0.15) is 0 Å². The topological polar surface area (TPSA) is 46.9 Å². The van der Waals surface area contributed by atoms with Gasteiger partial charge in [-0.05, 0) is 37.6 Å². The lowest BCUT2D eigenvalue weighted by Gasteiger charge is -2.07. The Balaban J connectivity index is 1.51. The highest BCUT2D eigenvalue weighted by molar-refractivity contribution is 5.94. The molecule has 2 aromatic carbocycles.